The van der Waals surface area contributed by atoms with Crippen molar-refractivity contribution < 1.29 is 4.39 Å². The van der Waals surface area contributed by atoms with Gasteiger partial charge in [-0.15, -0.1) is 0 Å². The van der Waals surface area contributed by atoms with E-state index in [1.54, 1.807) is 6.07 Å². The Morgan fingerprint density at radius 2 is 1.82 bits per heavy atom. The Hall–Kier alpha value is -0.500. The molecule has 1 aromatic carbocycles. The molecule has 0 saturated carbocycles. The zero-order valence-corrected chi connectivity index (χ0v) is 12.5. The lowest BCUT2D eigenvalue weighted by molar-refractivity contribution is 0.518. The molecular formula is C15H23FS. The average molecular weight is 254 g/mol. The third-order valence-corrected chi connectivity index (χ3v) is 3.85. The second-order valence-corrected chi connectivity index (χ2v) is 7.44. The first-order valence-electron chi connectivity index (χ1n) is 6.13. The summed E-state index contributed by atoms with van der Waals surface area (Å²) in [5.41, 5.74) is 2.87. The van der Waals surface area contributed by atoms with Crippen molar-refractivity contribution in [2.24, 2.45) is 0 Å². The van der Waals surface area contributed by atoms with Gasteiger partial charge in [-0.3, -0.25) is 0 Å². The summed E-state index contributed by atoms with van der Waals surface area (Å²) >= 11 is 1.85. The van der Waals surface area contributed by atoms with Gasteiger partial charge in [0.05, 0.1) is 0 Å². The minimum absolute atomic E-state index is 0.0585. The van der Waals surface area contributed by atoms with E-state index in [4.69, 9.17) is 0 Å². The molecule has 1 rings (SSSR count). The molecule has 1 aromatic rings. The standard InChI is InChI=1S/C15H23FS/c1-10(2)17-9-12-7-11(3)14(13(16)8-12)15(4,5)6/h7-8,10H,9H2,1-6H3. The highest BCUT2D eigenvalue weighted by Gasteiger charge is 2.21. The maximum Gasteiger partial charge on any atom is 0.127 e. The van der Waals surface area contributed by atoms with Crippen LogP contribution in [0, 0.1) is 12.7 Å². The van der Waals surface area contributed by atoms with Crippen LogP contribution in [0.5, 0.6) is 0 Å². The fourth-order valence-corrected chi connectivity index (χ4v) is 2.80. The molecule has 0 bridgehead atoms. The number of hydrogen-bond donors (Lipinski definition) is 0. The van der Waals surface area contributed by atoms with E-state index in [0.717, 1.165) is 22.4 Å². The molecule has 0 saturated heterocycles. The van der Waals surface area contributed by atoms with Crippen LogP contribution in [-0.4, -0.2) is 5.25 Å². The van der Waals surface area contributed by atoms with E-state index in [2.05, 4.69) is 40.7 Å². The maximum atomic E-state index is 14.1. The Morgan fingerprint density at radius 1 is 1.24 bits per heavy atom. The van der Waals surface area contributed by atoms with Crippen molar-refractivity contribution in [2.75, 3.05) is 0 Å². The molecule has 0 fully saturated rings. The molecule has 0 aliphatic carbocycles. The van der Waals surface area contributed by atoms with E-state index in [1.807, 2.05) is 18.7 Å². The molecular weight excluding hydrogens is 231 g/mol. The molecule has 96 valence electrons. The number of hydrogen-bond acceptors (Lipinski definition) is 1. The maximum absolute atomic E-state index is 14.1. The molecule has 0 amide bonds. The van der Waals surface area contributed by atoms with Crippen molar-refractivity contribution in [3.05, 3.63) is 34.6 Å². The first kappa shape index (κ1) is 14.6. The van der Waals surface area contributed by atoms with Gasteiger partial charge in [-0.25, -0.2) is 4.39 Å². The number of rotatable bonds is 3. The van der Waals surface area contributed by atoms with Crippen molar-refractivity contribution in [3.63, 3.8) is 0 Å². The Bertz CT molecular complexity index is 365. The molecule has 0 aliphatic rings. The highest BCUT2D eigenvalue weighted by Crippen LogP contribution is 2.30. The molecule has 17 heavy (non-hydrogen) atoms. The van der Waals surface area contributed by atoms with Crippen LogP contribution in [-0.2, 0) is 11.2 Å². The second kappa shape index (κ2) is 5.43. The van der Waals surface area contributed by atoms with Crippen LogP contribution in [0.3, 0.4) is 0 Å². The zero-order chi connectivity index (χ0) is 13.2. The van der Waals surface area contributed by atoms with Crippen LogP contribution in [0.25, 0.3) is 0 Å². The summed E-state index contributed by atoms with van der Waals surface area (Å²) in [5.74, 6) is 0.830. The molecule has 0 radical (unpaired) electrons. The van der Waals surface area contributed by atoms with Crippen LogP contribution < -0.4 is 0 Å². The second-order valence-electron chi connectivity index (χ2n) is 5.88. The fourth-order valence-electron chi connectivity index (χ4n) is 2.11. The largest absolute Gasteiger partial charge is 0.207 e. The van der Waals surface area contributed by atoms with Gasteiger partial charge in [0.15, 0.2) is 0 Å². The highest BCUT2D eigenvalue weighted by atomic mass is 32.2. The van der Waals surface area contributed by atoms with Crippen molar-refractivity contribution in [1.82, 2.24) is 0 Å². The molecule has 0 atom stereocenters. The predicted molar refractivity (Wildman–Crippen MR) is 76.3 cm³/mol. The first-order valence-corrected chi connectivity index (χ1v) is 7.18. The normalized spacial score (nSPS) is 12.2. The summed E-state index contributed by atoms with van der Waals surface area (Å²) in [4.78, 5) is 0. The number of halogens is 1. The van der Waals surface area contributed by atoms with Crippen molar-refractivity contribution in [2.45, 2.75) is 58.0 Å². The number of aryl methyl sites for hydroxylation is 1. The topological polar surface area (TPSA) is 0 Å². The molecule has 0 aliphatic heterocycles. The number of thioether (sulfide) groups is 1. The Morgan fingerprint density at radius 3 is 2.24 bits per heavy atom. The molecule has 0 nitrogen and oxygen atoms in total. The van der Waals surface area contributed by atoms with Gasteiger partial charge in [0, 0.05) is 5.75 Å². The van der Waals surface area contributed by atoms with Gasteiger partial charge in [0.2, 0.25) is 0 Å². The molecule has 0 N–H and O–H groups in total. The molecule has 2 heteroatoms. The smallest absolute Gasteiger partial charge is 0.127 e. The third-order valence-electron chi connectivity index (χ3n) is 2.68. The molecule has 0 aromatic heterocycles. The minimum atomic E-state index is -0.127. The van der Waals surface area contributed by atoms with Crippen LogP contribution >= 0.6 is 11.8 Å². The molecule has 0 spiro atoms. The number of benzene rings is 1. The van der Waals surface area contributed by atoms with E-state index < -0.39 is 0 Å². The summed E-state index contributed by atoms with van der Waals surface area (Å²) in [6.07, 6.45) is 0. The minimum Gasteiger partial charge on any atom is -0.207 e. The Balaban J connectivity index is 3.02. The van der Waals surface area contributed by atoms with Crippen LogP contribution in [0.15, 0.2) is 12.1 Å². The van der Waals surface area contributed by atoms with Gasteiger partial charge in [-0.05, 0) is 40.3 Å². The SMILES string of the molecule is Cc1cc(CSC(C)C)cc(F)c1C(C)(C)C. The highest BCUT2D eigenvalue weighted by molar-refractivity contribution is 7.99. The van der Waals surface area contributed by atoms with Gasteiger partial charge < -0.3 is 0 Å². The van der Waals surface area contributed by atoms with Gasteiger partial charge in [0.25, 0.3) is 0 Å². The average Bonchev–Trinajstić information content (AvgIpc) is 2.11. The molecule has 0 heterocycles. The summed E-state index contributed by atoms with van der Waals surface area (Å²) in [6, 6.07) is 3.82. The summed E-state index contributed by atoms with van der Waals surface area (Å²) in [5, 5.41) is 0.584. The monoisotopic (exact) mass is 254 g/mol. The zero-order valence-electron chi connectivity index (χ0n) is 11.7. The lowest BCUT2D eigenvalue weighted by atomic mass is 9.83. The Labute approximate surface area is 109 Å². The summed E-state index contributed by atoms with van der Waals surface area (Å²) < 4.78 is 14.1. The lowest BCUT2D eigenvalue weighted by Crippen LogP contribution is -2.16. The Kier molecular flexibility index (Phi) is 4.65. The fraction of sp³-hybridized carbons (Fsp3) is 0.600. The van der Waals surface area contributed by atoms with E-state index in [-0.39, 0.29) is 11.2 Å². The predicted octanol–water partition coefficient (Wildman–Crippen LogP) is 5.07. The van der Waals surface area contributed by atoms with E-state index in [0.29, 0.717) is 5.25 Å². The lowest BCUT2D eigenvalue weighted by Gasteiger charge is -2.23. The first-order chi connectivity index (χ1) is 7.71. The van der Waals surface area contributed by atoms with Gasteiger partial charge in [-0.1, -0.05) is 40.7 Å². The van der Waals surface area contributed by atoms with Gasteiger partial charge in [-0.2, -0.15) is 11.8 Å². The quantitative estimate of drug-likeness (QED) is 0.725. The van der Waals surface area contributed by atoms with Gasteiger partial charge in [0.1, 0.15) is 5.82 Å². The van der Waals surface area contributed by atoms with Crippen molar-refractivity contribution >= 4 is 11.8 Å². The van der Waals surface area contributed by atoms with Crippen molar-refractivity contribution in [1.29, 1.82) is 0 Å². The van der Waals surface area contributed by atoms with E-state index in [9.17, 15) is 4.39 Å². The van der Waals surface area contributed by atoms with Crippen LogP contribution in [0.2, 0.25) is 0 Å². The van der Waals surface area contributed by atoms with Crippen molar-refractivity contribution in [3.8, 4) is 0 Å². The molecule has 0 unspecified atom stereocenters. The van der Waals surface area contributed by atoms with E-state index in [1.165, 1.54) is 0 Å². The van der Waals surface area contributed by atoms with E-state index >= 15 is 0 Å². The summed E-state index contributed by atoms with van der Waals surface area (Å²) in [7, 11) is 0. The van der Waals surface area contributed by atoms with Crippen LogP contribution in [0.1, 0.15) is 51.3 Å². The van der Waals surface area contributed by atoms with Gasteiger partial charge >= 0.3 is 0 Å². The third kappa shape index (κ3) is 4.02. The van der Waals surface area contributed by atoms with Crippen LogP contribution in [0.4, 0.5) is 4.39 Å². The summed E-state index contributed by atoms with van der Waals surface area (Å²) in [6.45, 7) is 12.5.